The number of hydrogen-bond donors (Lipinski definition) is 0. The first-order valence-electron chi connectivity index (χ1n) is 7.12. The third kappa shape index (κ3) is 4.41. The molecule has 0 aromatic heterocycles. The van der Waals surface area contributed by atoms with Gasteiger partial charge in [-0.25, -0.2) is 4.79 Å². The van der Waals surface area contributed by atoms with Gasteiger partial charge in [-0.05, 0) is 30.3 Å². The summed E-state index contributed by atoms with van der Waals surface area (Å²) in [5.74, 6) is 12.2. The van der Waals surface area contributed by atoms with Crippen LogP contribution in [0.2, 0.25) is 0 Å². The molecular weight excluding hydrogens is 368 g/mol. The van der Waals surface area contributed by atoms with E-state index in [1.807, 2.05) is 24.3 Å². The molecule has 4 heteroatoms. The van der Waals surface area contributed by atoms with E-state index in [0.717, 1.165) is 11.1 Å². The Hall–Kier alpha value is -2.69. The molecule has 2 aromatic carbocycles. The number of ether oxygens (including phenoxy) is 2. The first kappa shape index (κ1) is 17.7. The minimum atomic E-state index is -0.459. The molecule has 2 aromatic rings. The van der Waals surface area contributed by atoms with Gasteiger partial charge in [-0.2, -0.15) is 0 Å². The molecule has 0 heterocycles. The lowest BCUT2D eigenvalue weighted by Crippen LogP contribution is -2.04. The average molecular weight is 383 g/mol. The molecule has 0 aliphatic rings. The topological polar surface area (TPSA) is 35.5 Å². The van der Waals surface area contributed by atoms with Gasteiger partial charge in [0.1, 0.15) is 11.3 Å². The van der Waals surface area contributed by atoms with E-state index in [0.29, 0.717) is 22.2 Å². The van der Waals surface area contributed by atoms with Crippen LogP contribution in [0.1, 0.15) is 27.0 Å². The van der Waals surface area contributed by atoms with Crippen LogP contribution < -0.4 is 4.74 Å². The molecule has 2 rings (SSSR count). The van der Waals surface area contributed by atoms with Crippen LogP contribution in [0.4, 0.5) is 0 Å². The SMILES string of the molecule is COC(=O)c1cc(C#Cc2ccccc2C#CCBr)ccc1OC. The summed E-state index contributed by atoms with van der Waals surface area (Å²) >= 11 is 3.28. The van der Waals surface area contributed by atoms with Crippen LogP contribution in [0, 0.1) is 23.7 Å². The maximum absolute atomic E-state index is 11.8. The lowest BCUT2D eigenvalue weighted by atomic mass is 10.1. The molecular formula is C20H15BrO3. The molecule has 0 atom stereocenters. The van der Waals surface area contributed by atoms with Crippen LogP contribution in [0.5, 0.6) is 5.75 Å². The van der Waals surface area contributed by atoms with Gasteiger partial charge < -0.3 is 9.47 Å². The molecule has 0 radical (unpaired) electrons. The number of alkyl halides is 1. The Morgan fingerprint density at radius 2 is 1.75 bits per heavy atom. The van der Waals surface area contributed by atoms with Gasteiger partial charge in [0.05, 0.1) is 19.5 Å². The quantitative estimate of drug-likeness (QED) is 0.452. The molecule has 0 N–H and O–H groups in total. The zero-order valence-corrected chi connectivity index (χ0v) is 14.9. The summed E-state index contributed by atoms with van der Waals surface area (Å²) in [6, 6.07) is 12.8. The lowest BCUT2D eigenvalue weighted by molar-refractivity contribution is 0.0597. The van der Waals surface area contributed by atoms with Crippen molar-refractivity contribution in [3.63, 3.8) is 0 Å². The van der Waals surface area contributed by atoms with Gasteiger partial charge in [0, 0.05) is 16.7 Å². The molecule has 120 valence electrons. The Morgan fingerprint density at radius 1 is 1.04 bits per heavy atom. The minimum Gasteiger partial charge on any atom is -0.496 e. The second-order valence-electron chi connectivity index (χ2n) is 4.64. The number of carbonyl (C=O) groups excluding carboxylic acids is 1. The highest BCUT2D eigenvalue weighted by Crippen LogP contribution is 2.20. The Morgan fingerprint density at radius 3 is 2.38 bits per heavy atom. The monoisotopic (exact) mass is 382 g/mol. The number of hydrogen-bond acceptors (Lipinski definition) is 3. The van der Waals surface area contributed by atoms with Gasteiger partial charge in [-0.15, -0.1) is 0 Å². The van der Waals surface area contributed by atoms with E-state index in [1.54, 1.807) is 18.2 Å². The van der Waals surface area contributed by atoms with Gasteiger partial charge in [-0.1, -0.05) is 51.7 Å². The van der Waals surface area contributed by atoms with E-state index in [9.17, 15) is 4.79 Å². The molecule has 0 bridgehead atoms. The summed E-state index contributed by atoms with van der Waals surface area (Å²) < 4.78 is 9.95. The summed E-state index contributed by atoms with van der Waals surface area (Å²) in [6.07, 6.45) is 0. The van der Waals surface area contributed by atoms with Crippen LogP contribution in [0.15, 0.2) is 42.5 Å². The van der Waals surface area contributed by atoms with Crippen molar-refractivity contribution in [2.75, 3.05) is 19.5 Å². The first-order chi connectivity index (χ1) is 11.7. The highest BCUT2D eigenvalue weighted by atomic mass is 79.9. The average Bonchev–Trinajstić information content (AvgIpc) is 2.64. The molecule has 0 aliphatic carbocycles. The maximum Gasteiger partial charge on any atom is 0.341 e. The number of carbonyl (C=O) groups is 1. The van der Waals surface area contributed by atoms with Crippen LogP contribution in [0.3, 0.4) is 0 Å². The van der Waals surface area contributed by atoms with Crippen molar-refractivity contribution >= 4 is 21.9 Å². The Kier molecular flexibility index (Phi) is 6.49. The van der Waals surface area contributed by atoms with Crippen LogP contribution in [-0.4, -0.2) is 25.5 Å². The van der Waals surface area contributed by atoms with E-state index in [2.05, 4.69) is 39.6 Å². The van der Waals surface area contributed by atoms with Crippen molar-refractivity contribution in [2.45, 2.75) is 0 Å². The van der Waals surface area contributed by atoms with Crippen molar-refractivity contribution in [3.05, 3.63) is 64.7 Å². The lowest BCUT2D eigenvalue weighted by Gasteiger charge is -2.06. The molecule has 24 heavy (non-hydrogen) atoms. The van der Waals surface area contributed by atoms with Crippen LogP contribution in [0.25, 0.3) is 0 Å². The predicted octanol–water partition coefficient (Wildman–Crippen LogP) is 3.63. The third-order valence-corrected chi connectivity index (χ3v) is 3.44. The minimum absolute atomic E-state index is 0.346. The Bertz CT molecular complexity index is 864. The second-order valence-corrected chi connectivity index (χ2v) is 5.20. The van der Waals surface area contributed by atoms with Crippen LogP contribution >= 0.6 is 15.9 Å². The van der Waals surface area contributed by atoms with Crippen molar-refractivity contribution in [1.29, 1.82) is 0 Å². The molecule has 0 spiro atoms. The largest absolute Gasteiger partial charge is 0.496 e. The van der Waals surface area contributed by atoms with E-state index < -0.39 is 5.97 Å². The van der Waals surface area contributed by atoms with Crippen molar-refractivity contribution in [3.8, 4) is 29.4 Å². The fourth-order valence-corrected chi connectivity index (χ4v) is 2.16. The summed E-state index contributed by atoms with van der Waals surface area (Å²) in [7, 11) is 2.84. The zero-order valence-electron chi connectivity index (χ0n) is 13.4. The predicted molar refractivity (Wildman–Crippen MR) is 97.4 cm³/mol. The zero-order chi connectivity index (χ0) is 17.4. The molecule has 0 aliphatic heterocycles. The van der Waals surface area contributed by atoms with Gasteiger partial charge >= 0.3 is 5.97 Å². The highest BCUT2D eigenvalue weighted by Gasteiger charge is 2.12. The number of rotatable bonds is 2. The molecule has 0 saturated carbocycles. The maximum atomic E-state index is 11.8. The second kappa shape index (κ2) is 8.82. The standard InChI is InChI=1S/C20H15BrO3/c1-23-19-12-10-15(14-18(19)20(22)24-2)9-11-17-7-4-3-6-16(17)8-5-13-21/h3-4,6-7,10,12,14H,13H2,1-2H3. The summed E-state index contributed by atoms with van der Waals surface area (Å²) in [5, 5.41) is 0.607. The fraction of sp³-hybridized carbons (Fsp3) is 0.150. The van der Waals surface area contributed by atoms with E-state index in [1.165, 1.54) is 14.2 Å². The molecule has 0 amide bonds. The Labute approximate surface area is 150 Å². The van der Waals surface area contributed by atoms with Crippen molar-refractivity contribution in [1.82, 2.24) is 0 Å². The number of halogens is 1. The molecule has 0 unspecified atom stereocenters. The molecule has 0 saturated heterocycles. The fourth-order valence-electron chi connectivity index (χ4n) is 2.02. The molecule has 3 nitrogen and oxygen atoms in total. The Balaban J connectivity index is 2.40. The third-order valence-electron chi connectivity index (χ3n) is 3.16. The first-order valence-corrected chi connectivity index (χ1v) is 8.24. The van der Waals surface area contributed by atoms with Crippen molar-refractivity contribution < 1.29 is 14.3 Å². The van der Waals surface area contributed by atoms with E-state index >= 15 is 0 Å². The number of methoxy groups -OCH3 is 2. The number of esters is 1. The number of benzene rings is 2. The molecule has 0 fully saturated rings. The van der Waals surface area contributed by atoms with Gasteiger partial charge in [0.25, 0.3) is 0 Å². The van der Waals surface area contributed by atoms with Gasteiger partial charge in [0.15, 0.2) is 0 Å². The summed E-state index contributed by atoms with van der Waals surface area (Å²) in [4.78, 5) is 11.8. The summed E-state index contributed by atoms with van der Waals surface area (Å²) in [5.41, 5.74) is 2.74. The van der Waals surface area contributed by atoms with Crippen molar-refractivity contribution in [2.24, 2.45) is 0 Å². The van der Waals surface area contributed by atoms with Crippen LogP contribution in [-0.2, 0) is 4.74 Å². The van der Waals surface area contributed by atoms with E-state index in [-0.39, 0.29) is 0 Å². The summed E-state index contributed by atoms with van der Waals surface area (Å²) in [6.45, 7) is 0. The van der Waals surface area contributed by atoms with Gasteiger partial charge in [0.2, 0.25) is 0 Å². The normalized spacial score (nSPS) is 9.12. The van der Waals surface area contributed by atoms with Gasteiger partial charge in [-0.3, -0.25) is 0 Å². The van der Waals surface area contributed by atoms with E-state index in [4.69, 9.17) is 9.47 Å². The smallest absolute Gasteiger partial charge is 0.341 e. The highest BCUT2D eigenvalue weighted by molar-refractivity contribution is 9.09.